The predicted octanol–water partition coefficient (Wildman–Crippen LogP) is 4.31. The molecule has 2 rings (SSSR count). The van der Waals surface area contributed by atoms with Crippen molar-refractivity contribution in [2.24, 2.45) is 5.73 Å². The lowest BCUT2D eigenvalue weighted by atomic mass is 9.95. The van der Waals surface area contributed by atoms with E-state index in [1.807, 2.05) is 25.1 Å². The van der Waals surface area contributed by atoms with Gasteiger partial charge in [0.1, 0.15) is 5.82 Å². The molecule has 0 saturated heterocycles. The van der Waals surface area contributed by atoms with Crippen LogP contribution in [-0.2, 0) is 0 Å². The van der Waals surface area contributed by atoms with Crippen LogP contribution in [0.15, 0.2) is 42.5 Å². The summed E-state index contributed by atoms with van der Waals surface area (Å²) in [4.78, 5) is 0. The lowest BCUT2D eigenvalue weighted by Gasteiger charge is -2.15. The number of benzene rings is 2. The predicted molar refractivity (Wildman–Crippen MR) is 77.7 cm³/mol. The van der Waals surface area contributed by atoms with Crippen molar-refractivity contribution in [3.05, 3.63) is 70.5 Å². The van der Waals surface area contributed by atoms with E-state index in [1.54, 1.807) is 0 Å². The van der Waals surface area contributed by atoms with Gasteiger partial charge >= 0.3 is 0 Å². The molecule has 0 spiro atoms. The lowest BCUT2D eigenvalue weighted by Crippen LogP contribution is -2.12. The fourth-order valence-electron chi connectivity index (χ4n) is 2.22. The standard InChI is InChI=1S/C17H20FN/c1-11(2)13-4-6-14(7-5-13)17(19)15-8-12(3)9-16(18)10-15/h4-11,17H,19H2,1-3H3. The Morgan fingerprint density at radius 2 is 1.47 bits per heavy atom. The minimum atomic E-state index is -0.282. The third-order valence-corrected chi connectivity index (χ3v) is 3.39. The first-order valence-electron chi connectivity index (χ1n) is 6.60. The van der Waals surface area contributed by atoms with Crippen LogP contribution in [0.2, 0.25) is 0 Å². The van der Waals surface area contributed by atoms with Gasteiger partial charge in [-0.3, -0.25) is 0 Å². The van der Waals surface area contributed by atoms with E-state index in [2.05, 4.69) is 26.0 Å². The fraction of sp³-hybridized carbons (Fsp3) is 0.294. The molecule has 1 atom stereocenters. The Balaban J connectivity index is 2.30. The minimum Gasteiger partial charge on any atom is -0.320 e. The Morgan fingerprint density at radius 1 is 0.895 bits per heavy atom. The highest BCUT2D eigenvalue weighted by atomic mass is 19.1. The van der Waals surface area contributed by atoms with E-state index >= 15 is 0 Å². The largest absolute Gasteiger partial charge is 0.320 e. The number of aryl methyl sites for hydroxylation is 1. The van der Waals surface area contributed by atoms with Crippen molar-refractivity contribution in [1.29, 1.82) is 0 Å². The molecule has 1 nitrogen and oxygen atoms in total. The molecule has 2 N–H and O–H groups in total. The zero-order valence-electron chi connectivity index (χ0n) is 11.7. The molecular weight excluding hydrogens is 237 g/mol. The molecular formula is C17H20FN. The van der Waals surface area contributed by atoms with Gasteiger partial charge in [0.15, 0.2) is 0 Å². The van der Waals surface area contributed by atoms with Gasteiger partial charge in [-0.05, 0) is 47.2 Å². The Hall–Kier alpha value is -1.67. The maximum Gasteiger partial charge on any atom is 0.123 e. The summed E-state index contributed by atoms with van der Waals surface area (Å²) in [6.07, 6.45) is 0. The number of hydrogen-bond acceptors (Lipinski definition) is 1. The van der Waals surface area contributed by atoms with E-state index < -0.39 is 0 Å². The van der Waals surface area contributed by atoms with Crippen LogP contribution in [0, 0.1) is 12.7 Å². The van der Waals surface area contributed by atoms with Crippen molar-refractivity contribution < 1.29 is 4.39 Å². The molecule has 0 amide bonds. The Kier molecular flexibility index (Phi) is 4.01. The van der Waals surface area contributed by atoms with Gasteiger partial charge < -0.3 is 5.73 Å². The molecule has 100 valence electrons. The van der Waals surface area contributed by atoms with Crippen LogP contribution in [0.5, 0.6) is 0 Å². The average Bonchev–Trinajstić information content (AvgIpc) is 2.37. The van der Waals surface area contributed by atoms with Gasteiger partial charge in [0.2, 0.25) is 0 Å². The van der Waals surface area contributed by atoms with Crippen LogP contribution in [0.3, 0.4) is 0 Å². The summed E-state index contributed by atoms with van der Waals surface area (Å²) in [6.45, 7) is 6.19. The van der Waals surface area contributed by atoms with Crippen molar-refractivity contribution in [2.45, 2.75) is 32.7 Å². The molecule has 0 aliphatic carbocycles. The van der Waals surface area contributed by atoms with Crippen molar-refractivity contribution in [1.82, 2.24) is 0 Å². The third-order valence-electron chi connectivity index (χ3n) is 3.39. The van der Waals surface area contributed by atoms with Crippen LogP contribution < -0.4 is 5.73 Å². The molecule has 2 heteroatoms. The SMILES string of the molecule is Cc1cc(F)cc(C(N)c2ccc(C(C)C)cc2)c1. The number of rotatable bonds is 3. The van der Waals surface area contributed by atoms with Crippen molar-refractivity contribution in [3.63, 3.8) is 0 Å². The summed E-state index contributed by atoms with van der Waals surface area (Å²) >= 11 is 0. The van der Waals surface area contributed by atoms with Crippen LogP contribution >= 0.6 is 0 Å². The monoisotopic (exact) mass is 257 g/mol. The first-order chi connectivity index (χ1) is 8.97. The van der Waals surface area contributed by atoms with Crippen LogP contribution in [0.25, 0.3) is 0 Å². The average molecular weight is 257 g/mol. The second-order valence-corrected chi connectivity index (χ2v) is 5.36. The molecule has 0 aliphatic heterocycles. The first kappa shape index (κ1) is 13.8. The zero-order chi connectivity index (χ0) is 14.0. The molecule has 0 heterocycles. The van der Waals surface area contributed by atoms with Crippen LogP contribution in [0.4, 0.5) is 4.39 Å². The Bertz CT molecular complexity index is 538. The fourth-order valence-corrected chi connectivity index (χ4v) is 2.22. The highest BCUT2D eigenvalue weighted by Gasteiger charge is 2.11. The topological polar surface area (TPSA) is 26.0 Å². The van der Waals surface area contributed by atoms with Crippen molar-refractivity contribution in [3.8, 4) is 0 Å². The smallest absolute Gasteiger partial charge is 0.123 e. The molecule has 0 radical (unpaired) electrons. The summed E-state index contributed by atoms with van der Waals surface area (Å²) in [7, 11) is 0. The lowest BCUT2D eigenvalue weighted by molar-refractivity contribution is 0.622. The maximum absolute atomic E-state index is 13.4. The van der Waals surface area contributed by atoms with Crippen LogP contribution in [-0.4, -0.2) is 0 Å². The Morgan fingerprint density at radius 3 is 2.00 bits per heavy atom. The third kappa shape index (κ3) is 3.21. The van der Waals surface area contributed by atoms with E-state index in [-0.39, 0.29) is 11.9 Å². The van der Waals surface area contributed by atoms with Gasteiger partial charge in [-0.1, -0.05) is 44.2 Å². The number of nitrogens with two attached hydrogens (primary N) is 1. The molecule has 19 heavy (non-hydrogen) atoms. The number of hydrogen-bond donors (Lipinski definition) is 1. The van der Waals surface area contributed by atoms with Gasteiger partial charge in [-0.15, -0.1) is 0 Å². The molecule has 0 aromatic heterocycles. The molecule has 2 aromatic carbocycles. The maximum atomic E-state index is 13.4. The summed E-state index contributed by atoms with van der Waals surface area (Å²) in [5, 5.41) is 0. The molecule has 2 aromatic rings. The van der Waals surface area contributed by atoms with Gasteiger partial charge in [0.05, 0.1) is 6.04 Å². The normalized spacial score (nSPS) is 12.7. The van der Waals surface area contributed by atoms with Crippen LogP contribution in [0.1, 0.15) is 48.1 Å². The zero-order valence-corrected chi connectivity index (χ0v) is 11.7. The summed E-state index contributed by atoms with van der Waals surface area (Å²) < 4.78 is 13.4. The summed E-state index contributed by atoms with van der Waals surface area (Å²) in [5.74, 6) is 0.269. The first-order valence-corrected chi connectivity index (χ1v) is 6.60. The van der Waals surface area contributed by atoms with E-state index in [4.69, 9.17) is 5.73 Å². The van der Waals surface area contributed by atoms with E-state index in [0.717, 1.165) is 16.7 Å². The summed E-state index contributed by atoms with van der Waals surface area (Å²) in [5.41, 5.74) is 10.2. The van der Waals surface area contributed by atoms with Gasteiger partial charge in [-0.25, -0.2) is 4.39 Å². The molecule has 0 bridgehead atoms. The van der Waals surface area contributed by atoms with Crippen molar-refractivity contribution >= 4 is 0 Å². The van der Waals surface area contributed by atoms with Gasteiger partial charge in [0.25, 0.3) is 0 Å². The summed E-state index contributed by atoms with van der Waals surface area (Å²) in [6, 6.07) is 12.9. The molecule has 0 saturated carbocycles. The van der Waals surface area contributed by atoms with Gasteiger partial charge in [-0.2, -0.15) is 0 Å². The molecule has 1 unspecified atom stereocenters. The molecule has 0 fully saturated rings. The second kappa shape index (κ2) is 5.54. The number of halogens is 1. The van der Waals surface area contributed by atoms with E-state index in [0.29, 0.717) is 5.92 Å². The highest BCUT2D eigenvalue weighted by Crippen LogP contribution is 2.23. The van der Waals surface area contributed by atoms with Crippen molar-refractivity contribution in [2.75, 3.05) is 0 Å². The quantitative estimate of drug-likeness (QED) is 0.871. The minimum absolute atomic E-state index is 0.232. The Labute approximate surface area is 114 Å². The van der Waals surface area contributed by atoms with E-state index in [9.17, 15) is 4.39 Å². The second-order valence-electron chi connectivity index (χ2n) is 5.36. The highest BCUT2D eigenvalue weighted by molar-refractivity contribution is 5.35. The van der Waals surface area contributed by atoms with Gasteiger partial charge in [0, 0.05) is 0 Å². The molecule has 0 aliphatic rings. The van der Waals surface area contributed by atoms with E-state index in [1.165, 1.54) is 17.7 Å².